The molecular weight excluding hydrogens is 294 g/mol. The molecule has 1 heterocycles. The van der Waals surface area contributed by atoms with Crippen molar-refractivity contribution < 1.29 is 19.1 Å². The number of carbonyl (C=O) groups excluding carboxylic acids is 2. The maximum Gasteiger partial charge on any atom is 0.308 e. The second-order valence-electron chi connectivity index (χ2n) is 5.01. The Morgan fingerprint density at radius 3 is 2.90 bits per heavy atom. The minimum atomic E-state index is -0.345. The highest BCUT2D eigenvalue weighted by molar-refractivity contribution is 6.33. The lowest BCUT2D eigenvalue weighted by Gasteiger charge is -2.32. The monoisotopic (exact) mass is 311 g/mol. The first-order valence-corrected chi connectivity index (χ1v) is 7.13. The zero-order chi connectivity index (χ0) is 15.4. The molecule has 114 valence electrons. The van der Waals surface area contributed by atoms with Crippen LogP contribution in [0, 0.1) is 6.92 Å². The molecule has 0 saturated carbocycles. The Hall–Kier alpha value is -1.59. The van der Waals surface area contributed by atoms with Crippen molar-refractivity contribution in [3.63, 3.8) is 0 Å². The number of rotatable bonds is 3. The van der Waals surface area contributed by atoms with Crippen molar-refractivity contribution in [2.24, 2.45) is 0 Å². The Morgan fingerprint density at radius 2 is 2.24 bits per heavy atom. The van der Waals surface area contributed by atoms with E-state index in [4.69, 9.17) is 16.3 Å². The summed E-state index contributed by atoms with van der Waals surface area (Å²) < 4.78 is 10.1. The van der Waals surface area contributed by atoms with E-state index in [1.165, 1.54) is 7.11 Å². The Morgan fingerprint density at radius 1 is 1.48 bits per heavy atom. The van der Waals surface area contributed by atoms with Gasteiger partial charge in [-0.15, -0.1) is 0 Å². The van der Waals surface area contributed by atoms with Crippen LogP contribution in [0.4, 0.5) is 0 Å². The highest BCUT2D eigenvalue weighted by Crippen LogP contribution is 2.21. The topological polar surface area (TPSA) is 55.8 Å². The van der Waals surface area contributed by atoms with Crippen LogP contribution in [-0.4, -0.2) is 49.7 Å². The van der Waals surface area contributed by atoms with E-state index >= 15 is 0 Å². The van der Waals surface area contributed by atoms with Crippen LogP contribution in [0.1, 0.15) is 22.3 Å². The van der Waals surface area contributed by atoms with Crippen molar-refractivity contribution in [3.05, 3.63) is 34.3 Å². The van der Waals surface area contributed by atoms with Gasteiger partial charge in [0.25, 0.3) is 5.91 Å². The highest BCUT2D eigenvalue weighted by atomic mass is 35.5. The normalized spacial score (nSPS) is 18.4. The van der Waals surface area contributed by atoms with Crippen molar-refractivity contribution in [1.29, 1.82) is 0 Å². The SMILES string of the molecule is COC(=O)CC1CN(C(=O)c2ccc(C)cc2Cl)CCO1. The molecule has 0 aliphatic carbocycles. The number of hydrogen-bond acceptors (Lipinski definition) is 4. The summed E-state index contributed by atoms with van der Waals surface area (Å²) in [7, 11) is 1.33. The molecule has 1 aromatic rings. The van der Waals surface area contributed by atoms with Gasteiger partial charge in [-0.05, 0) is 24.6 Å². The molecular formula is C15H18ClNO4. The molecule has 1 aliphatic rings. The van der Waals surface area contributed by atoms with Gasteiger partial charge in [-0.1, -0.05) is 17.7 Å². The smallest absolute Gasteiger partial charge is 0.308 e. The first-order chi connectivity index (χ1) is 10.0. The summed E-state index contributed by atoms with van der Waals surface area (Å²) in [5.74, 6) is -0.485. The summed E-state index contributed by atoms with van der Waals surface area (Å²) in [5.41, 5.74) is 1.48. The third-order valence-corrected chi connectivity index (χ3v) is 3.72. The fourth-order valence-corrected chi connectivity index (χ4v) is 2.58. The summed E-state index contributed by atoms with van der Waals surface area (Å²) in [6.45, 7) is 3.16. The summed E-state index contributed by atoms with van der Waals surface area (Å²) in [5, 5.41) is 0.441. The van der Waals surface area contributed by atoms with Gasteiger partial charge in [0.1, 0.15) is 0 Å². The van der Waals surface area contributed by atoms with E-state index in [1.807, 2.05) is 13.0 Å². The lowest BCUT2D eigenvalue weighted by atomic mass is 10.1. The number of carbonyl (C=O) groups is 2. The molecule has 1 unspecified atom stereocenters. The quantitative estimate of drug-likeness (QED) is 0.802. The van der Waals surface area contributed by atoms with Crippen molar-refractivity contribution in [2.45, 2.75) is 19.4 Å². The van der Waals surface area contributed by atoms with E-state index in [1.54, 1.807) is 17.0 Å². The Labute approximate surface area is 128 Å². The van der Waals surface area contributed by atoms with Crippen LogP contribution in [0.3, 0.4) is 0 Å². The molecule has 1 aliphatic heterocycles. The summed E-state index contributed by atoms with van der Waals surface area (Å²) in [4.78, 5) is 25.5. The lowest BCUT2D eigenvalue weighted by Crippen LogP contribution is -2.46. The van der Waals surface area contributed by atoms with Crippen LogP contribution >= 0.6 is 11.6 Å². The van der Waals surface area contributed by atoms with E-state index in [-0.39, 0.29) is 24.4 Å². The summed E-state index contributed by atoms with van der Waals surface area (Å²) in [6, 6.07) is 5.34. The lowest BCUT2D eigenvalue weighted by molar-refractivity contribution is -0.145. The molecule has 5 nitrogen and oxygen atoms in total. The van der Waals surface area contributed by atoms with Gasteiger partial charge in [-0.2, -0.15) is 0 Å². The molecule has 0 N–H and O–H groups in total. The Bertz CT molecular complexity index is 546. The molecule has 2 rings (SSSR count). The number of halogens is 1. The first kappa shape index (κ1) is 15.8. The van der Waals surface area contributed by atoms with Crippen molar-refractivity contribution in [2.75, 3.05) is 26.8 Å². The highest BCUT2D eigenvalue weighted by Gasteiger charge is 2.27. The number of methoxy groups -OCH3 is 1. The largest absolute Gasteiger partial charge is 0.469 e. The Balaban J connectivity index is 2.06. The minimum Gasteiger partial charge on any atom is -0.469 e. The number of aryl methyl sites for hydroxylation is 1. The van der Waals surface area contributed by atoms with Crippen molar-refractivity contribution in [1.82, 2.24) is 4.90 Å². The van der Waals surface area contributed by atoms with E-state index in [9.17, 15) is 9.59 Å². The molecule has 0 radical (unpaired) electrons. The molecule has 1 amide bonds. The molecule has 6 heteroatoms. The van der Waals surface area contributed by atoms with Crippen molar-refractivity contribution >= 4 is 23.5 Å². The molecule has 0 spiro atoms. The van der Waals surface area contributed by atoms with E-state index < -0.39 is 0 Å². The van der Waals surface area contributed by atoms with Crippen LogP contribution in [0.5, 0.6) is 0 Å². The van der Waals surface area contributed by atoms with E-state index in [2.05, 4.69) is 4.74 Å². The molecule has 0 aromatic heterocycles. The van der Waals surface area contributed by atoms with Gasteiger partial charge < -0.3 is 14.4 Å². The van der Waals surface area contributed by atoms with Gasteiger partial charge in [0.15, 0.2) is 0 Å². The predicted octanol–water partition coefficient (Wildman–Crippen LogP) is 2.05. The van der Waals surface area contributed by atoms with E-state index in [0.717, 1.165) is 5.56 Å². The van der Waals surface area contributed by atoms with Gasteiger partial charge in [-0.25, -0.2) is 0 Å². The third kappa shape index (κ3) is 3.95. The van der Waals surface area contributed by atoms with Crippen LogP contribution < -0.4 is 0 Å². The fourth-order valence-electron chi connectivity index (χ4n) is 2.26. The number of ether oxygens (including phenoxy) is 2. The number of morpholine rings is 1. The van der Waals surface area contributed by atoms with Gasteiger partial charge in [0.05, 0.1) is 36.8 Å². The van der Waals surface area contributed by atoms with Crippen LogP contribution in [0.25, 0.3) is 0 Å². The number of amides is 1. The van der Waals surface area contributed by atoms with Gasteiger partial charge in [-0.3, -0.25) is 9.59 Å². The van der Waals surface area contributed by atoms with Gasteiger partial charge in [0.2, 0.25) is 0 Å². The zero-order valence-electron chi connectivity index (χ0n) is 12.1. The molecule has 1 aromatic carbocycles. The maximum absolute atomic E-state index is 12.5. The van der Waals surface area contributed by atoms with Gasteiger partial charge >= 0.3 is 5.97 Å². The number of hydrogen-bond donors (Lipinski definition) is 0. The molecule has 1 atom stereocenters. The van der Waals surface area contributed by atoms with Gasteiger partial charge in [0, 0.05) is 13.1 Å². The summed E-state index contributed by atoms with van der Waals surface area (Å²) >= 11 is 6.13. The van der Waals surface area contributed by atoms with Crippen LogP contribution in [0.2, 0.25) is 5.02 Å². The third-order valence-electron chi connectivity index (χ3n) is 3.40. The molecule has 21 heavy (non-hydrogen) atoms. The number of nitrogens with zero attached hydrogens (tertiary/aromatic N) is 1. The molecule has 1 saturated heterocycles. The number of esters is 1. The second kappa shape index (κ2) is 6.91. The zero-order valence-corrected chi connectivity index (χ0v) is 12.9. The van der Waals surface area contributed by atoms with Crippen molar-refractivity contribution in [3.8, 4) is 0 Å². The second-order valence-corrected chi connectivity index (χ2v) is 5.41. The van der Waals surface area contributed by atoms with Crippen LogP contribution in [0.15, 0.2) is 18.2 Å². The maximum atomic E-state index is 12.5. The molecule has 1 fully saturated rings. The summed E-state index contributed by atoms with van der Waals surface area (Å²) in [6.07, 6.45) is -0.193. The first-order valence-electron chi connectivity index (χ1n) is 6.75. The average molecular weight is 312 g/mol. The van der Waals surface area contributed by atoms with E-state index in [0.29, 0.717) is 30.3 Å². The standard InChI is InChI=1S/C15H18ClNO4/c1-10-3-4-12(13(16)7-10)15(19)17-5-6-21-11(9-17)8-14(18)20-2/h3-4,7,11H,5-6,8-9H2,1-2H3. The number of benzene rings is 1. The molecule has 0 bridgehead atoms. The predicted molar refractivity (Wildman–Crippen MR) is 78.5 cm³/mol. The average Bonchev–Trinajstić information content (AvgIpc) is 2.47. The minimum absolute atomic E-state index is 0.141. The van der Waals surface area contributed by atoms with Crippen LogP contribution in [-0.2, 0) is 14.3 Å². The Kier molecular flexibility index (Phi) is 5.20. The fraction of sp³-hybridized carbons (Fsp3) is 0.467.